The van der Waals surface area contributed by atoms with Crippen LogP contribution in [0.4, 0.5) is 0 Å². The topological polar surface area (TPSA) is 91.1 Å². The molecule has 2 N–H and O–H groups in total. The van der Waals surface area contributed by atoms with Gasteiger partial charge in [0.1, 0.15) is 5.25 Å². The predicted molar refractivity (Wildman–Crippen MR) is 106 cm³/mol. The van der Waals surface area contributed by atoms with E-state index in [9.17, 15) is 9.59 Å². The van der Waals surface area contributed by atoms with E-state index in [2.05, 4.69) is 27.7 Å². The number of amidine groups is 1. The molecule has 1 heterocycles. The zero-order chi connectivity index (χ0) is 18.4. The van der Waals surface area contributed by atoms with Gasteiger partial charge in [-0.3, -0.25) is 9.59 Å². The predicted octanol–water partition coefficient (Wildman–Crippen LogP) is 3.51. The molecule has 2 fully saturated rings. The van der Waals surface area contributed by atoms with Crippen molar-refractivity contribution in [3.63, 3.8) is 0 Å². The fourth-order valence-electron chi connectivity index (χ4n) is 2.90. The highest BCUT2D eigenvalue weighted by Crippen LogP contribution is 2.33. The first kappa shape index (κ1) is 19.0. The van der Waals surface area contributed by atoms with Crippen molar-refractivity contribution in [2.45, 2.75) is 53.9 Å². The summed E-state index contributed by atoms with van der Waals surface area (Å²) in [5.41, 5.74) is 0.929. The SMILES string of the molecule is O=C(O)CC1SC(=NN=Cc2ccc(SC3CCCCC3)cc2)NC1=O. The van der Waals surface area contributed by atoms with Crippen LogP contribution in [0, 0.1) is 0 Å². The number of benzene rings is 1. The standard InChI is InChI=1S/C18H21N3O3S2/c22-16(23)10-15-17(24)20-18(26-15)21-19-11-12-6-8-14(9-7-12)25-13-4-2-1-3-5-13/h6-9,11,13,15H,1-5,10H2,(H,22,23)(H,20,21,24). The second kappa shape index (κ2) is 9.23. The van der Waals surface area contributed by atoms with E-state index < -0.39 is 11.2 Å². The summed E-state index contributed by atoms with van der Waals surface area (Å²) in [6.07, 6.45) is 8.05. The van der Waals surface area contributed by atoms with Gasteiger partial charge in [-0.15, -0.1) is 16.9 Å². The van der Waals surface area contributed by atoms with Gasteiger partial charge in [-0.1, -0.05) is 43.2 Å². The third kappa shape index (κ3) is 5.60. The molecular formula is C18H21N3O3S2. The Bertz CT molecular complexity index is 713. The summed E-state index contributed by atoms with van der Waals surface area (Å²) in [5, 5.41) is 19.7. The fraction of sp³-hybridized carbons (Fsp3) is 0.444. The van der Waals surface area contributed by atoms with E-state index in [4.69, 9.17) is 5.11 Å². The lowest BCUT2D eigenvalue weighted by molar-refractivity contribution is -0.138. The van der Waals surface area contributed by atoms with Crippen molar-refractivity contribution in [2.75, 3.05) is 0 Å². The van der Waals surface area contributed by atoms with Gasteiger partial charge in [0, 0.05) is 10.1 Å². The third-order valence-corrected chi connectivity index (χ3v) is 6.65. The average molecular weight is 392 g/mol. The number of nitrogens with one attached hydrogen (secondary N) is 1. The molecule has 0 bridgehead atoms. The van der Waals surface area contributed by atoms with E-state index in [0.29, 0.717) is 5.17 Å². The maximum atomic E-state index is 11.6. The average Bonchev–Trinajstić information content (AvgIpc) is 2.96. The molecule has 138 valence electrons. The van der Waals surface area contributed by atoms with E-state index in [1.165, 1.54) is 37.0 Å². The number of thioether (sulfide) groups is 2. The third-order valence-electron chi connectivity index (χ3n) is 4.23. The van der Waals surface area contributed by atoms with Crippen LogP contribution in [0.1, 0.15) is 44.1 Å². The number of carboxylic acid groups (broad SMARTS) is 1. The van der Waals surface area contributed by atoms with E-state index in [0.717, 1.165) is 22.6 Å². The zero-order valence-corrected chi connectivity index (χ0v) is 15.9. The molecule has 1 aromatic carbocycles. The van der Waals surface area contributed by atoms with E-state index in [-0.39, 0.29) is 12.3 Å². The Balaban J connectivity index is 1.52. The van der Waals surface area contributed by atoms with Crippen LogP contribution in [-0.2, 0) is 9.59 Å². The fourth-order valence-corrected chi connectivity index (χ4v) is 5.06. The molecule has 0 aromatic heterocycles. The van der Waals surface area contributed by atoms with Gasteiger partial charge in [0.2, 0.25) is 5.91 Å². The molecule has 8 heteroatoms. The summed E-state index contributed by atoms with van der Waals surface area (Å²) in [6.45, 7) is 0. The number of carbonyl (C=O) groups is 2. The summed E-state index contributed by atoms with van der Waals surface area (Å²) in [4.78, 5) is 23.6. The summed E-state index contributed by atoms with van der Waals surface area (Å²) in [7, 11) is 0. The van der Waals surface area contributed by atoms with Crippen LogP contribution in [0.25, 0.3) is 0 Å². The lowest BCUT2D eigenvalue weighted by Gasteiger charge is -2.20. The van der Waals surface area contributed by atoms with E-state index in [1.807, 2.05) is 23.9 Å². The first-order chi connectivity index (χ1) is 12.6. The van der Waals surface area contributed by atoms with Crippen LogP contribution >= 0.6 is 23.5 Å². The molecule has 1 saturated heterocycles. The molecule has 1 amide bonds. The van der Waals surface area contributed by atoms with Crippen molar-refractivity contribution in [1.82, 2.24) is 5.32 Å². The molecule has 1 saturated carbocycles. The Morgan fingerprint density at radius 1 is 1.27 bits per heavy atom. The van der Waals surface area contributed by atoms with Crippen molar-refractivity contribution in [2.24, 2.45) is 10.2 Å². The van der Waals surface area contributed by atoms with Gasteiger partial charge in [-0.2, -0.15) is 5.10 Å². The Kier molecular flexibility index (Phi) is 6.73. The van der Waals surface area contributed by atoms with Crippen LogP contribution in [0.3, 0.4) is 0 Å². The number of carbonyl (C=O) groups excluding carboxylic acids is 1. The number of nitrogens with zero attached hydrogens (tertiary/aromatic N) is 2. The molecule has 3 rings (SSSR count). The Labute approximate surface area is 160 Å². The number of amides is 1. The van der Waals surface area contributed by atoms with Crippen molar-refractivity contribution >= 4 is 46.8 Å². The summed E-state index contributed by atoms with van der Waals surface area (Å²) in [5.74, 6) is -1.34. The smallest absolute Gasteiger partial charge is 0.305 e. The maximum Gasteiger partial charge on any atom is 0.305 e. The molecule has 1 unspecified atom stereocenters. The monoisotopic (exact) mass is 391 g/mol. The quantitative estimate of drug-likeness (QED) is 0.572. The van der Waals surface area contributed by atoms with Gasteiger partial charge in [0.25, 0.3) is 0 Å². The molecule has 0 spiro atoms. The highest BCUT2D eigenvalue weighted by atomic mass is 32.2. The van der Waals surface area contributed by atoms with Crippen LogP contribution in [0.15, 0.2) is 39.4 Å². The number of hydrogen-bond donors (Lipinski definition) is 2. The van der Waals surface area contributed by atoms with Crippen molar-refractivity contribution in [3.8, 4) is 0 Å². The van der Waals surface area contributed by atoms with E-state index >= 15 is 0 Å². The molecule has 1 atom stereocenters. The lowest BCUT2D eigenvalue weighted by Crippen LogP contribution is -2.26. The van der Waals surface area contributed by atoms with Crippen molar-refractivity contribution in [1.29, 1.82) is 0 Å². The van der Waals surface area contributed by atoms with Gasteiger partial charge in [-0.05, 0) is 30.5 Å². The van der Waals surface area contributed by atoms with Gasteiger partial charge in [0.15, 0.2) is 5.17 Å². The second-order valence-corrected chi connectivity index (χ2v) is 8.86. The highest BCUT2D eigenvalue weighted by Gasteiger charge is 2.32. The molecule has 26 heavy (non-hydrogen) atoms. The van der Waals surface area contributed by atoms with Crippen LogP contribution in [0.5, 0.6) is 0 Å². The minimum atomic E-state index is -1.01. The molecule has 0 radical (unpaired) electrons. The summed E-state index contributed by atoms with van der Waals surface area (Å²) in [6, 6.07) is 8.20. The van der Waals surface area contributed by atoms with Crippen LogP contribution in [0.2, 0.25) is 0 Å². The Morgan fingerprint density at radius 3 is 2.69 bits per heavy atom. The molecule has 1 aliphatic carbocycles. The number of carboxylic acids is 1. The van der Waals surface area contributed by atoms with Crippen LogP contribution in [-0.4, -0.2) is 38.9 Å². The van der Waals surface area contributed by atoms with Crippen LogP contribution < -0.4 is 5.32 Å². The Hall–Kier alpha value is -1.80. The molecule has 6 nitrogen and oxygen atoms in total. The molecular weight excluding hydrogens is 370 g/mol. The van der Waals surface area contributed by atoms with Gasteiger partial charge in [0.05, 0.1) is 12.6 Å². The van der Waals surface area contributed by atoms with E-state index in [1.54, 1.807) is 6.21 Å². The number of rotatable bonds is 6. The Morgan fingerprint density at radius 2 is 2.00 bits per heavy atom. The van der Waals surface area contributed by atoms with Gasteiger partial charge >= 0.3 is 5.97 Å². The summed E-state index contributed by atoms with van der Waals surface area (Å²) < 4.78 is 0. The number of hydrogen-bond acceptors (Lipinski definition) is 6. The van der Waals surface area contributed by atoms with Crippen molar-refractivity contribution in [3.05, 3.63) is 29.8 Å². The maximum absolute atomic E-state index is 11.6. The minimum Gasteiger partial charge on any atom is -0.481 e. The second-order valence-electron chi connectivity index (χ2n) is 6.29. The number of aliphatic carboxylic acids is 1. The minimum absolute atomic E-state index is 0.223. The lowest BCUT2D eigenvalue weighted by atomic mass is 10.0. The molecule has 2 aliphatic rings. The zero-order valence-electron chi connectivity index (χ0n) is 14.3. The molecule has 1 aromatic rings. The van der Waals surface area contributed by atoms with Gasteiger partial charge < -0.3 is 10.4 Å². The first-order valence-corrected chi connectivity index (χ1v) is 10.4. The largest absolute Gasteiger partial charge is 0.481 e. The van der Waals surface area contributed by atoms with Gasteiger partial charge in [-0.25, -0.2) is 0 Å². The molecule has 1 aliphatic heterocycles. The highest BCUT2D eigenvalue weighted by molar-refractivity contribution is 8.15. The first-order valence-electron chi connectivity index (χ1n) is 8.67. The normalized spacial score (nSPS) is 22.8. The summed E-state index contributed by atoms with van der Waals surface area (Å²) >= 11 is 3.05. The van der Waals surface area contributed by atoms with Crippen molar-refractivity contribution < 1.29 is 14.7 Å².